The summed E-state index contributed by atoms with van der Waals surface area (Å²) in [5.41, 5.74) is 6.77. The second-order valence-corrected chi connectivity index (χ2v) is 4.68. The van der Waals surface area contributed by atoms with Gasteiger partial charge in [-0.25, -0.2) is 15.2 Å². The fraction of sp³-hybridized carbons (Fsp3) is 0.267. The van der Waals surface area contributed by atoms with Crippen LogP contribution in [-0.2, 0) is 6.54 Å². The molecular weight excluding hydrogens is 282 g/mol. The molecular formula is C15H19N5O2. The predicted molar refractivity (Wildman–Crippen MR) is 84.3 cm³/mol. The quantitative estimate of drug-likeness (QED) is 0.590. The first-order valence-electron chi connectivity index (χ1n) is 6.98. The maximum absolute atomic E-state index is 12.0. The Kier molecular flexibility index (Phi) is 4.77. The Morgan fingerprint density at radius 3 is 2.82 bits per heavy atom. The first kappa shape index (κ1) is 15.6. The third-order valence-corrected chi connectivity index (χ3v) is 3.21. The van der Waals surface area contributed by atoms with E-state index in [4.69, 9.17) is 0 Å². The van der Waals surface area contributed by atoms with E-state index >= 15 is 0 Å². The van der Waals surface area contributed by atoms with Crippen LogP contribution in [0.15, 0.2) is 30.9 Å². The van der Waals surface area contributed by atoms with Crippen molar-refractivity contribution in [3.05, 3.63) is 42.2 Å². The number of benzene rings is 1. The molecule has 0 unspecified atom stereocenters. The van der Waals surface area contributed by atoms with E-state index in [1.54, 1.807) is 18.2 Å². The van der Waals surface area contributed by atoms with Crippen molar-refractivity contribution in [1.82, 2.24) is 25.7 Å². The Bertz CT molecular complexity index is 720. The van der Waals surface area contributed by atoms with E-state index in [1.807, 2.05) is 19.9 Å². The van der Waals surface area contributed by atoms with Crippen LogP contribution in [-0.4, -0.2) is 28.0 Å². The Hall–Kier alpha value is -2.83. The maximum atomic E-state index is 12.0. The van der Waals surface area contributed by atoms with Crippen molar-refractivity contribution in [3.8, 4) is 0 Å². The zero-order valence-electron chi connectivity index (χ0n) is 12.6. The second kappa shape index (κ2) is 6.75. The monoisotopic (exact) mass is 301 g/mol. The SMILES string of the molecule is C=CCNC(=O)NNC(=O)c1ccc2c(c1)nc(C)n2CC. The third kappa shape index (κ3) is 3.25. The minimum atomic E-state index is -0.500. The standard InChI is InChI=1S/C15H19N5O2/c1-4-8-16-15(22)19-18-14(21)11-6-7-13-12(9-11)17-10(3)20(13)5-2/h4,6-7,9H,1,5,8H2,2-3H3,(H,18,21)(H2,16,19,22). The zero-order valence-corrected chi connectivity index (χ0v) is 12.6. The summed E-state index contributed by atoms with van der Waals surface area (Å²) >= 11 is 0. The lowest BCUT2D eigenvalue weighted by Gasteiger charge is -2.08. The van der Waals surface area contributed by atoms with E-state index in [2.05, 4.69) is 32.3 Å². The molecule has 1 heterocycles. The molecule has 3 amide bonds. The van der Waals surface area contributed by atoms with Crippen molar-refractivity contribution < 1.29 is 9.59 Å². The summed E-state index contributed by atoms with van der Waals surface area (Å²) in [6, 6.07) is 4.76. The molecule has 0 radical (unpaired) electrons. The first-order valence-corrected chi connectivity index (χ1v) is 6.98. The molecule has 0 saturated carbocycles. The minimum Gasteiger partial charge on any atom is -0.333 e. The average molecular weight is 301 g/mol. The molecule has 0 saturated heterocycles. The molecule has 1 aromatic heterocycles. The molecule has 0 aliphatic carbocycles. The number of amides is 3. The first-order chi connectivity index (χ1) is 10.6. The average Bonchev–Trinajstić information content (AvgIpc) is 2.84. The Morgan fingerprint density at radius 2 is 2.14 bits per heavy atom. The summed E-state index contributed by atoms with van der Waals surface area (Å²) in [6.45, 7) is 8.59. The van der Waals surface area contributed by atoms with Gasteiger partial charge in [0.2, 0.25) is 0 Å². The van der Waals surface area contributed by atoms with Gasteiger partial charge in [0.15, 0.2) is 0 Å². The van der Waals surface area contributed by atoms with Crippen LogP contribution >= 0.6 is 0 Å². The van der Waals surface area contributed by atoms with Gasteiger partial charge in [0, 0.05) is 18.7 Å². The van der Waals surface area contributed by atoms with Crippen molar-refractivity contribution >= 4 is 23.0 Å². The number of aryl methyl sites for hydroxylation is 2. The van der Waals surface area contributed by atoms with Gasteiger partial charge in [0.25, 0.3) is 5.91 Å². The van der Waals surface area contributed by atoms with Gasteiger partial charge in [-0.05, 0) is 32.0 Å². The van der Waals surface area contributed by atoms with Gasteiger partial charge in [0.1, 0.15) is 5.82 Å². The van der Waals surface area contributed by atoms with Crippen molar-refractivity contribution in [1.29, 1.82) is 0 Å². The molecule has 0 spiro atoms. The molecule has 2 aromatic rings. The Balaban J connectivity index is 2.09. The number of carbonyl (C=O) groups excluding carboxylic acids is 2. The summed E-state index contributed by atoms with van der Waals surface area (Å²) < 4.78 is 2.07. The molecule has 0 aliphatic rings. The highest BCUT2D eigenvalue weighted by molar-refractivity contribution is 5.98. The highest BCUT2D eigenvalue weighted by atomic mass is 16.2. The molecule has 0 bridgehead atoms. The molecule has 1 aromatic carbocycles. The van der Waals surface area contributed by atoms with E-state index in [0.717, 1.165) is 23.4 Å². The predicted octanol–water partition coefficient (Wildman–Crippen LogP) is 1.49. The summed E-state index contributed by atoms with van der Waals surface area (Å²) in [5.74, 6) is 0.497. The number of fused-ring (bicyclic) bond motifs is 1. The van der Waals surface area contributed by atoms with Crippen molar-refractivity contribution in [3.63, 3.8) is 0 Å². The van der Waals surface area contributed by atoms with Crippen molar-refractivity contribution in [2.75, 3.05) is 6.54 Å². The van der Waals surface area contributed by atoms with Crippen LogP contribution in [0.25, 0.3) is 11.0 Å². The number of aromatic nitrogens is 2. The largest absolute Gasteiger partial charge is 0.333 e. The molecule has 2 rings (SSSR count). The van der Waals surface area contributed by atoms with E-state index < -0.39 is 11.9 Å². The van der Waals surface area contributed by atoms with Gasteiger partial charge >= 0.3 is 6.03 Å². The van der Waals surface area contributed by atoms with Crippen LogP contribution in [0.2, 0.25) is 0 Å². The van der Waals surface area contributed by atoms with Crippen molar-refractivity contribution in [2.45, 2.75) is 20.4 Å². The van der Waals surface area contributed by atoms with E-state index in [0.29, 0.717) is 12.1 Å². The number of hydrogen-bond donors (Lipinski definition) is 3. The molecule has 0 atom stereocenters. The summed E-state index contributed by atoms with van der Waals surface area (Å²) in [6.07, 6.45) is 1.54. The molecule has 0 aliphatic heterocycles. The molecule has 7 nitrogen and oxygen atoms in total. The van der Waals surface area contributed by atoms with E-state index in [-0.39, 0.29) is 0 Å². The fourth-order valence-electron chi connectivity index (χ4n) is 2.19. The second-order valence-electron chi connectivity index (χ2n) is 4.68. The normalized spacial score (nSPS) is 10.3. The fourth-order valence-corrected chi connectivity index (χ4v) is 2.19. The summed E-state index contributed by atoms with van der Waals surface area (Å²) in [4.78, 5) is 27.8. The highest BCUT2D eigenvalue weighted by Crippen LogP contribution is 2.17. The third-order valence-electron chi connectivity index (χ3n) is 3.21. The molecule has 3 N–H and O–H groups in total. The number of imidazole rings is 1. The van der Waals surface area contributed by atoms with Gasteiger partial charge in [-0.15, -0.1) is 6.58 Å². The number of rotatable bonds is 4. The van der Waals surface area contributed by atoms with Crippen LogP contribution in [0.3, 0.4) is 0 Å². The molecule has 116 valence electrons. The van der Waals surface area contributed by atoms with Crippen LogP contribution in [0.4, 0.5) is 4.79 Å². The van der Waals surface area contributed by atoms with Crippen LogP contribution < -0.4 is 16.2 Å². The van der Waals surface area contributed by atoms with Gasteiger partial charge in [-0.1, -0.05) is 6.08 Å². The van der Waals surface area contributed by atoms with Gasteiger partial charge in [-0.3, -0.25) is 10.2 Å². The molecule has 7 heteroatoms. The lowest BCUT2D eigenvalue weighted by atomic mass is 10.2. The highest BCUT2D eigenvalue weighted by Gasteiger charge is 2.11. The van der Waals surface area contributed by atoms with E-state index in [9.17, 15) is 9.59 Å². The Morgan fingerprint density at radius 1 is 1.36 bits per heavy atom. The lowest BCUT2D eigenvalue weighted by molar-refractivity contribution is 0.0936. The minimum absolute atomic E-state index is 0.321. The van der Waals surface area contributed by atoms with Crippen LogP contribution in [0.1, 0.15) is 23.1 Å². The van der Waals surface area contributed by atoms with E-state index in [1.165, 1.54) is 0 Å². The number of hydrazine groups is 1. The van der Waals surface area contributed by atoms with Crippen LogP contribution in [0.5, 0.6) is 0 Å². The van der Waals surface area contributed by atoms with Crippen LogP contribution in [0, 0.1) is 6.92 Å². The maximum Gasteiger partial charge on any atom is 0.333 e. The number of urea groups is 1. The number of nitrogens with one attached hydrogen (secondary N) is 3. The molecule has 22 heavy (non-hydrogen) atoms. The van der Waals surface area contributed by atoms with Gasteiger partial charge < -0.3 is 9.88 Å². The molecule has 0 fully saturated rings. The van der Waals surface area contributed by atoms with Gasteiger partial charge in [0.05, 0.1) is 11.0 Å². The Labute approximate surface area is 128 Å². The topological polar surface area (TPSA) is 88.1 Å². The zero-order chi connectivity index (χ0) is 16.1. The van der Waals surface area contributed by atoms with Crippen molar-refractivity contribution in [2.24, 2.45) is 0 Å². The van der Waals surface area contributed by atoms with Gasteiger partial charge in [-0.2, -0.15) is 0 Å². The smallest absolute Gasteiger partial charge is 0.333 e. The number of nitrogens with zero attached hydrogens (tertiary/aromatic N) is 2. The summed E-state index contributed by atoms with van der Waals surface area (Å²) in [7, 11) is 0. The number of carbonyl (C=O) groups is 2. The summed E-state index contributed by atoms with van der Waals surface area (Å²) in [5, 5.41) is 2.49. The number of hydrogen-bond acceptors (Lipinski definition) is 3. The lowest BCUT2D eigenvalue weighted by Crippen LogP contribution is -2.46.